The minimum Gasteiger partial charge on any atom is -0.497 e. The number of hydrogen-bond donors (Lipinski definition) is 2. The molecule has 1 aromatic heterocycles. The second-order valence-electron chi connectivity index (χ2n) is 5.77. The molecule has 2 aromatic carbocycles. The van der Waals surface area contributed by atoms with E-state index < -0.39 is 0 Å². The third-order valence-corrected chi connectivity index (χ3v) is 5.68. The zero-order valence-electron chi connectivity index (χ0n) is 15.7. The molecule has 0 unspecified atom stereocenters. The third-order valence-electron chi connectivity index (χ3n) is 3.70. The van der Waals surface area contributed by atoms with Gasteiger partial charge in [-0.2, -0.15) is 0 Å². The number of amides is 1. The summed E-state index contributed by atoms with van der Waals surface area (Å²) in [5.41, 5.74) is 2.59. The van der Waals surface area contributed by atoms with E-state index in [1.807, 2.05) is 49.4 Å². The number of ether oxygens (including phenoxy) is 2. The fourth-order valence-electron chi connectivity index (χ4n) is 2.35. The van der Waals surface area contributed by atoms with E-state index in [2.05, 4.69) is 20.8 Å². The summed E-state index contributed by atoms with van der Waals surface area (Å²) < 4.78 is 11.1. The van der Waals surface area contributed by atoms with Crippen molar-refractivity contribution in [2.75, 3.05) is 30.6 Å². The van der Waals surface area contributed by atoms with Crippen LogP contribution >= 0.6 is 23.1 Å². The molecule has 0 saturated carbocycles. The van der Waals surface area contributed by atoms with Crippen molar-refractivity contribution in [2.24, 2.45) is 0 Å². The summed E-state index contributed by atoms with van der Waals surface area (Å²) in [6.45, 7) is 1.96. The molecule has 146 valence electrons. The molecule has 0 radical (unpaired) electrons. The lowest BCUT2D eigenvalue weighted by Crippen LogP contribution is -2.14. The van der Waals surface area contributed by atoms with Crippen LogP contribution in [0.5, 0.6) is 11.5 Å². The fourth-order valence-corrected chi connectivity index (χ4v) is 3.92. The molecular weight excluding hydrogens is 396 g/mol. The van der Waals surface area contributed by atoms with Gasteiger partial charge < -0.3 is 20.1 Å². The number of rotatable bonds is 8. The van der Waals surface area contributed by atoms with Crippen LogP contribution < -0.4 is 20.1 Å². The highest BCUT2D eigenvalue weighted by molar-refractivity contribution is 8.01. The number of nitrogens with one attached hydrogen (secondary N) is 2. The van der Waals surface area contributed by atoms with Gasteiger partial charge in [-0.25, -0.2) is 0 Å². The van der Waals surface area contributed by atoms with Gasteiger partial charge in [0.05, 0.1) is 25.7 Å². The van der Waals surface area contributed by atoms with Crippen LogP contribution in [0.4, 0.5) is 16.5 Å². The number of thioether (sulfide) groups is 1. The van der Waals surface area contributed by atoms with Gasteiger partial charge in [-0.15, -0.1) is 10.2 Å². The maximum absolute atomic E-state index is 12.3. The second kappa shape index (κ2) is 9.43. The minimum absolute atomic E-state index is 0.131. The molecule has 3 aromatic rings. The number of aromatic nitrogens is 2. The van der Waals surface area contributed by atoms with Crippen LogP contribution in [0, 0.1) is 6.92 Å². The lowest BCUT2D eigenvalue weighted by Gasteiger charge is -2.10. The van der Waals surface area contributed by atoms with E-state index in [0.717, 1.165) is 17.0 Å². The largest absolute Gasteiger partial charge is 0.497 e. The molecular formula is C19H20N4O3S2. The van der Waals surface area contributed by atoms with Crippen molar-refractivity contribution in [1.82, 2.24) is 10.2 Å². The first kappa shape index (κ1) is 20.0. The van der Waals surface area contributed by atoms with Gasteiger partial charge in [-0.1, -0.05) is 29.2 Å². The Labute approximate surface area is 171 Å². The van der Waals surface area contributed by atoms with Crippen molar-refractivity contribution in [1.29, 1.82) is 0 Å². The number of hydrogen-bond acceptors (Lipinski definition) is 8. The van der Waals surface area contributed by atoms with Crippen molar-refractivity contribution in [2.45, 2.75) is 11.3 Å². The fraction of sp³-hybridized carbons (Fsp3) is 0.211. The van der Waals surface area contributed by atoms with Gasteiger partial charge >= 0.3 is 0 Å². The van der Waals surface area contributed by atoms with Crippen molar-refractivity contribution in [3.63, 3.8) is 0 Å². The maximum atomic E-state index is 12.3. The van der Waals surface area contributed by atoms with E-state index in [9.17, 15) is 4.79 Å². The zero-order chi connectivity index (χ0) is 19.9. The SMILES string of the molecule is COc1ccc(Nc2nnc(SCC(=O)Nc3cc(C)ccc3OC)s2)cc1. The maximum Gasteiger partial charge on any atom is 0.234 e. The predicted octanol–water partition coefficient (Wildman–Crippen LogP) is 4.34. The predicted molar refractivity (Wildman–Crippen MR) is 113 cm³/mol. The molecule has 0 bridgehead atoms. The molecule has 3 rings (SSSR count). The molecule has 1 heterocycles. The molecule has 28 heavy (non-hydrogen) atoms. The van der Waals surface area contributed by atoms with Crippen LogP contribution in [0.2, 0.25) is 0 Å². The Kier molecular flexibility index (Phi) is 6.72. The molecule has 0 aliphatic carbocycles. The van der Waals surface area contributed by atoms with E-state index in [4.69, 9.17) is 9.47 Å². The molecule has 0 aliphatic rings. The summed E-state index contributed by atoms with van der Waals surface area (Å²) in [5.74, 6) is 1.52. The van der Waals surface area contributed by atoms with Crippen LogP contribution in [0.3, 0.4) is 0 Å². The summed E-state index contributed by atoms with van der Waals surface area (Å²) >= 11 is 2.72. The molecule has 0 fully saturated rings. The molecule has 7 nitrogen and oxygen atoms in total. The first-order chi connectivity index (χ1) is 13.6. The lowest BCUT2D eigenvalue weighted by atomic mass is 10.2. The Morgan fingerprint density at radius 1 is 1.11 bits per heavy atom. The minimum atomic E-state index is -0.131. The molecule has 9 heteroatoms. The van der Waals surface area contributed by atoms with Crippen LogP contribution in [0.1, 0.15) is 5.56 Å². The van der Waals surface area contributed by atoms with E-state index in [0.29, 0.717) is 20.9 Å². The number of nitrogens with zero attached hydrogens (tertiary/aromatic N) is 2. The number of carbonyl (C=O) groups is 1. The normalized spacial score (nSPS) is 10.4. The smallest absolute Gasteiger partial charge is 0.234 e. The van der Waals surface area contributed by atoms with Crippen molar-refractivity contribution in [3.8, 4) is 11.5 Å². The number of carbonyl (C=O) groups excluding carboxylic acids is 1. The topological polar surface area (TPSA) is 85.4 Å². The number of methoxy groups -OCH3 is 2. The van der Waals surface area contributed by atoms with E-state index in [1.54, 1.807) is 14.2 Å². The van der Waals surface area contributed by atoms with Gasteiger partial charge in [0.25, 0.3) is 0 Å². The lowest BCUT2D eigenvalue weighted by molar-refractivity contribution is -0.113. The Morgan fingerprint density at radius 3 is 2.61 bits per heavy atom. The first-order valence-corrected chi connectivity index (χ1v) is 10.2. The van der Waals surface area contributed by atoms with Gasteiger partial charge in [-0.05, 0) is 48.9 Å². The van der Waals surface area contributed by atoms with Gasteiger partial charge in [0, 0.05) is 5.69 Å². The highest BCUT2D eigenvalue weighted by atomic mass is 32.2. The van der Waals surface area contributed by atoms with E-state index in [-0.39, 0.29) is 11.7 Å². The third kappa shape index (κ3) is 5.37. The summed E-state index contributed by atoms with van der Waals surface area (Å²) in [7, 11) is 3.20. The Balaban J connectivity index is 1.53. The van der Waals surface area contributed by atoms with Crippen LogP contribution in [0.25, 0.3) is 0 Å². The van der Waals surface area contributed by atoms with Gasteiger partial charge in [0.15, 0.2) is 4.34 Å². The van der Waals surface area contributed by atoms with Gasteiger partial charge in [0.1, 0.15) is 11.5 Å². The number of benzene rings is 2. The molecule has 1 amide bonds. The van der Waals surface area contributed by atoms with Gasteiger partial charge in [-0.3, -0.25) is 4.79 Å². The van der Waals surface area contributed by atoms with E-state index in [1.165, 1.54) is 23.1 Å². The van der Waals surface area contributed by atoms with Crippen molar-refractivity contribution < 1.29 is 14.3 Å². The first-order valence-electron chi connectivity index (χ1n) is 8.39. The Bertz CT molecular complexity index is 945. The summed E-state index contributed by atoms with van der Waals surface area (Å²) in [6, 6.07) is 13.2. The zero-order valence-corrected chi connectivity index (χ0v) is 17.3. The standard InChI is InChI=1S/C19H20N4O3S2/c1-12-4-9-16(26-3)15(10-12)21-17(24)11-27-19-23-22-18(28-19)20-13-5-7-14(25-2)8-6-13/h4-10H,11H2,1-3H3,(H,20,22)(H,21,24). The van der Waals surface area contributed by atoms with Crippen molar-refractivity contribution >= 4 is 45.5 Å². The molecule has 0 atom stereocenters. The average Bonchev–Trinajstić information content (AvgIpc) is 3.14. The highest BCUT2D eigenvalue weighted by Crippen LogP contribution is 2.29. The number of aryl methyl sites for hydroxylation is 1. The van der Waals surface area contributed by atoms with Crippen molar-refractivity contribution in [3.05, 3.63) is 48.0 Å². The Hall–Kier alpha value is -2.78. The van der Waals surface area contributed by atoms with Crippen LogP contribution in [-0.4, -0.2) is 36.1 Å². The average molecular weight is 417 g/mol. The number of anilines is 3. The van der Waals surface area contributed by atoms with Gasteiger partial charge in [0.2, 0.25) is 11.0 Å². The molecule has 0 saturated heterocycles. The van der Waals surface area contributed by atoms with Crippen LogP contribution in [-0.2, 0) is 4.79 Å². The Morgan fingerprint density at radius 2 is 1.89 bits per heavy atom. The van der Waals surface area contributed by atoms with E-state index >= 15 is 0 Å². The summed E-state index contributed by atoms with van der Waals surface area (Å²) in [5, 5.41) is 14.9. The molecule has 0 spiro atoms. The summed E-state index contributed by atoms with van der Waals surface area (Å²) in [6.07, 6.45) is 0. The molecule has 0 aliphatic heterocycles. The summed E-state index contributed by atoms with van der Waals surface area (Å²) in [4.78, 5) is 12.3. The monoisotopic (exact) mass is 416 g/mol. The molecule has 2 N–H and O–H groups in total. The second-order valence-corrected chi connectivity index (χ2v) is 7.97. The highest BCUT2D eigenvalue weighted by Gasteiger charge is 2.11. The quantitative estimate of drug-likeness (QED) is 0.528. The van der Waals surface area contributed by atoms with Crippen LogP contribution in [0.15, 0.2) is 46.8 Å².